The van der Waals surface area contributed by atoms with Gasteiger partial charge in [0.05, 0.1) is 0 Å². The van der Waals surface area contributed by atoms with E-state index >= 15 is 0 Å². The van der Waals surface area contributed by atoms with E-state index in [2.05, 4.69) is 219 Å². The summed E-state index contributed by atoms with van der Waals surface area (Å²) in [6.07, 6.45) is 0. The molecule has 278 valence electrons. The van der Waals surface area contributed by atoms with Crippen LogP contribution in [0.25, 0.3) is 72.5 Å². The number of hydrogen-bond acceptors (Lipinski definition) is 2. The molecule has 1 aliphatic carbocycles. The molecule has 0 unspecified atom stereocenters. The zero-order chi connectivity index (χ0) is 39.3. The summed E-state index contributed by atoms with van der Waals surface area (Å²) >= 11 is -3.80. The molecule has 3 heterocycles. The van der Waals surface area contributed by atoms with Gasteiger partial charge in [0.15, 0.2) is 0 Å². The molecule has 0 N–H and O–H groups in total. The SMILES string of the molecule is CC1(C)c2ccccc2-c2c1ccc1c2c2ccccc2n1-c1ccccc1-c1nc(-c2ccccc2)nc2[c]1[Ge]([c]1ccccc1)([c]1ccccc1)[c]1ccccc1-2. The van der Waals surface area contributed by atoms with Crippen molar-refractivity contribution < 1.29 is 0 Å². The predicted octanol–water partition coefficient (Wildman–Crippen LogP) is 10.6. The minimum atomic E-state index is -3.80. The fourth-order valence-electron chi connectivity index (χ4n) is 10.6. The molecular weight excluding hydrogens is 775 g/mol. The second-order valence-corrected chi connectivity index (χ2v) is 24.2. The molecule has 0 bridgehead atoms. The third kappa shape index (κ3) is 4.71. The molecule has 10 aromatic rings. The quantitative estimate of drug-likeness (QED) is 0.162. The van der Waals surface area contributed by atoms with Crippen LogP contribution in [0.3, 0.4) is 0 Å². The number of aromatic nitrogens is 3. The number of benzene rings is 8. The normalized spacial score (nSPS) is 14.2. The third-order valence-electron chi connectivity index (χ3n) is 13.1. The number of fused-ring (bicyclic) bond motifs is 10. The average Bonchev–Trinajstić information content (AvgIpc) is 3.88. The molecule has 12 rings (SSSR count). The van der Waals surface area contributed by atoms with Crippen LogP contribution in [0.15, 0.2) is 200 Å². The predicted molar refractivity (Wildman–Crippen MR) is 247 cm³/mol. The third-order valence-corrected chi connectivity index (χ3v) is 23.3. The Morgan fingerprint density at radius 3 is 1.75 bits per heavy atom. The summed E-state index contributed by atoms with van der Waals surface area (Å²) in [4.78, 5) is 11.4. The minimum absolute atomic E-state index is 0.101. The van der Waals surface area contributed by atoms with Gasteiger partial charge in [-0.25, -0.2) is 0 Å². The van der Waals surface area contributed by atoms with Gasteiger partial charge in [0.2, 0.25) is 0 Å². The Hall–Kier alpha value is -6.82. The van der Waals surface area contributed by atoms with Crippen molar-refractivity contribution >= 4 is 52.7 Å². The molecule has 59 heavy (non-hydrogen) atoms. The summed E-state index contributed by atoms with van der Waals surface area (Å²) in [5, 5.41) is 2.56. The number of rotatable bonds is 5. The van der Waals surface area contributed by atoms with Gasteiger partial charge in [-0.2, -0.15) is 0 Å². The first-order chi connectivity index (χ1) is 29.1. The van der Waals surface area contributed by atoms with Crippen molar-refractivity contribution in [1.82, 2.24) is 14.5 Å². The summed E-state index contributed by atoms with van der Waals surface area (Å²) in [6, 6.07) is 73.7. The fraction of sp³-hybridized carbons (Fsp3) is 0.0545. The summed E-state index contributed by atoms with van der Waals surface area (Å²) < 4.78 is 7.92. The van der Waals surface area contributed by atoms with Crippen LogP contribution in [0.5, 0.6) is 0 Å². The van der Waals surface area contributed by atoms with E-state index in [-0.39, 0.29) is 5.41 Å². The standard InChI is InChI=1S/C55H39GeN3/c1-55(2)43-30-16-12-26-39(43)49-44(55)34-35-48-50(49)41-28-14-18-32-46(41)59(48)47-33-19-15-29-42(47)53-51-52(57-54(58-53)36-20-6-3-7-21-36)40-27-13-17-31-45(40)56(51,37-22-8-4-9-23-37)38-24-10-5-11-25-38/h3-35H,1-2H3. The maximum absolute atomic E-state index is 5.77. The molecule has 2 aliphatic rings. The Morgan fingerprint density at radius 2 is 1.02 bits per heavy atom. The average molecular weight is 815 g/mol. The molecule has 0 amide bonds. The van der Waals surface area contributed by atoms with Crippen molar-refractivity contribution in [3.05, 3.63) is 211 Å². The second-order valence-electron chi connectivity index (χ2n) is 16.4. The van der Waals surface area contributed by atoms with E-state index < -0.39 is 13.3 Å². The van der Waals surface area contributed by atoms with E-state index in [4.69, 9.17) is 9.97 Å². The van der Waals surface area contributed by atoms with E-state index in [0.29, 0.717) is 0 Å². The molecule has 0 saturated carbocycles. The van der Waals surface area contributed by atoms with E-state index in [1.54, 1.807) is 0 Å². The molecule has 2 aromatic heterocycles. The van der Waals surface area contributed by atoms with Crippen LogP contribution in [0.1, 0.15) is 25.0 Å². The van der Waals surface area contributed by atoms with Crippen molar-refractivity contribution in [1.29, 1.82) is 0 Å². The van der Waals surface area contributed by atoms with Crippen LogP contribution >= 0.6 is 0 Å². The van der Waals surface area contributed by atoms with E-state index in [0.717, 1.165) is 34.0 Å². The van der Waals surface area contributed by atoms with Crippen molar-refractivity contribution in [3.63, 3.8) is 0 Å². The maximum atomic E-state index is 5.77. The summed E-state index contributed by atoms with van der Waals surface area (Å²) in [6.45, 7) is 4.74. The molecule has 0 fully saturated rings. The molecule has 8 aromatic carbocycles. The van der Waals surface area contributed by atoms with Gasteiger partial charge < -0.3 is 0 Å². The fourth-order valence-corrected chi connectivity index (χ4v) is 21.6. The Morgan fingerprint density at radius 1 is 0.458 bits per heavy atom. The first kappa shape index (κ1) is 34.2. The van der Waals surface area contributed by atoms with Gasteiger partial charge >= 0.3 is 348 Å². The second kappa shape index (κ2) is 12.8. The monoisotopic (exact) mass is 815 g/mol. The van der Waals surface area contributed by atoms with Gasteiger partial charge in [-0.3, -0.25) is 0 Å². The van der Waals surface area contributed by atoms with E-state index in [1.807, 2.05) is 0 Å². The zero-order valence-corrected chi connectivity index (χ0v) is 35.0. The topological polar surface area (TPSA) is 30.7 Å². The summed E-state index contributed by atoms with van der Waals surface area (Å²) in [5.41, 5.74) is 14.2. The van der Waals surface area contributed by atoms with Crippen molar-refractivity contribution in [3.8, 4) is 50.7 Å². The number of para-hydroxylation sites is 2. The molecule has 4 heteroatoms. The van der Waals surface area contributed by atoms with Crippen LogP contribution in [0.2, 0.25) is 0 Å². The van der Waals surface area contributed by atoms with Gasteiger partial charge in [0.1, 0.15) is 0 Å². The Bertz CT molecular complexity index is 3250. The number of nitrogens with zero attached hydrogens (tertiary/aromatic N) is 3. The Kier molecular flexibility index (Phi) is 7.45. The molecule has 0 atom stereocenters. The first-order valence-electron chi connectivity index (χ1n) is 20.5. The van der Waals surface area contributed by atoms with Crippen molar-refractivity contribution in [2.24, 2.45) is 0 Å². The van der Waals surface area contributed by atoms with Crippen LogP contribution in [0, 0.1) is 0 Å². The number of hydrogen-bond donors (Lipinski definition) is 0. The van der Waals surface area contributed by atoms with Gasteiger partial charge in [-0.1, -0.05) is 0 Å². The molecule has 3 nitrogen and oxygen atoms in total. The molecule has 0 radical (unpaired) electrons. The van der Waals surface area contributed by atoms with E-state index in [1.165, 1.54) is 67.2 Å². The summed E-state index contributed by atoms with van der Waals surface area (Å²) in [7, 11) is 0. The van der Waals surface area contributed by atoms with Crippen LogP contribution in [0.4, 0.5) is 0 Å². The molecule has 0 spiro atoms. The van der Waals surface area contributed by atoms with Gasteiger partial charge in [-0.15, -0.1) is 0 Å². The van der Waals surface area contributed by atoms with Crippen LogP contribution in [-0.2, 0) is 5.41 Å². The first-order valence-corrected chi connectivity index (χ1v) is 24.7. The van der Waals surface area contributed by atoms with Crippen molar-refractivity contribution in [2.45, 2.75) is 19.3 Å². The van der Waals surface area contributed by atoms with Gasteiger partial charge in [0, 0.05) is 0 Å². The Labute approximate surface area is 346 Å². The zero-order valence-electron chi connectivity index (χ0n) is 32.9. The van der Waals surface area contributed by atoms with Crippen molar-refractivity contribution in [2.75, 3.05) is 0 Å². The molecular formula is C55H39GeN3. The Balaban J connectivity index is 1.23. The molecule has 0 saturated heterocycles. The van der Waals surface area contributed by atoms with Gasteiger partial charge in [-0.05, 0) is 0 Å². The van der Waals surface area contributed by atoms with Gasteiger partial charge in [0.25, 0.3) is 0 Å². The summed E-state index contributed by atoms with van der Waals surface area (Å²) in [5.74, 6) is 0.738. The van der Waals surface area contributed by atoms with E-state index in [9.17, 15) is 0 Å². The molecule has 1 aliphatic heterocycles. The van der Waals surface area contributed by atoms with Crippen LogP contribution in [-0.4, -0.2) is 27.8 Å². The van der Waals surface area contributed by atoms with Crippen LogP contribution < -0.4 is 17.6 Å².